The number of hydrogen-bond acceptors (Lipinski definition) is 9. The van der Waals surface area contributed by atoms with Gasteiger partial charge < -0.3 is 29.9 Å². The highest BCUT2D eigenvalue weighted by molar-refractivity contribution is 5.76. The molecule has 0 radical (unpaired) electrons. The predicted molar refractivity (Wildman–Crippen MR) is 189 cm³/mol. The molecule has 2 unspecified atom stereocenters. The zero-order valence-electron chi connectivity index (χ0n) is 29.4. The maximum Gasteiger partial charge on any atom is 0.306 e. The third kappa shape index (κ3) is 8.86. The fourth-order valence-corrected chi connectivity index (χ4v) is 7.12. The first kappa shape index (κ1) is 35.2. The van der Waals surface area contributed by atoms with Gasteiger partial charge in [0.2, 0.25) is 5.91 Å². The zero-order valence-corrected chi connectivity index (χ0v) is 29.4. The normalized spacial score (nSPS) is 17.5. The van der Waals surface area contributed by atoms with Crippen LogP contribution in [0.5, 0.6) is 5.75 Å². The van der Waals surface area contributed by atoms with Crippen molar-refractivity contribution in [2.75, 3.05) is 70.7 Å². The number of piperazine rings is 1. The largest absolute Gasteiger partial charge is 0.493 e. The van der Waals surface area contributed by atoms with Crippen LogP contribution in [-0.2, 0) is 20.7 Å². The molecule has 11 heteroatoms. The lowest BCUT2D eigenvalue weighted by atomic mass is 9.93. The van der Waals surface area contributed by atoms with Crippen LogP contribution < -0.4 is 15.4 Å². The Morgan fingerprint density at radius 1 is 1.02 bits per heavy atom. The highest BCUT2D eigenvalue weighted by Gasteiger charge is 2.29. The second kappa shape index (κ2) is 16.3. The number of ether oxygens (including phenoxy) is 2. The first-order chi connectivity index (χ1) is 23.2. The Morgan fingerprint density at radius 3 is 2.46 bits per heavy atom. The summed E-state index contributed by atoms with van der Waals surface area (Å²) in [4.78, 5) is 36.9. The summed E-state index contributed by atoms with van der Waals surface area (Å²) >= 11 is 0. The molecule has 3 aromatic rings. The molecule has 2 aliphatic rings. The SMILES string of the molecule is CCCCC(=O)N1CCN(c2cc(C(CC(=O)OC)CN3CCC(CCc4ccc(OC)c(N)n4)C3)cc(-n3nc(C)cc3C)c2)CC1. The van der Waals surface area contributed by atoms with E-state index < -0.39 is 0 Å². The Hall–Kier alpha value is -4.12. The molecular formula is C37H53N7O4. The van der Waals surface area contributed by atoms with Crippen LogP contribution in [0.25, 0.3) is 5.69 Å². The van der Waals surface area contributed by atoms with E-state index in [1.807, 2.05) is 28.6 Å². The van der Waals surface area contributed by atoms with Crippen LogP contribution in [-0.4, -0.2) is 96.5 Å². The molecule has 1 amide bonds. The van der Waals surface area contributed by atoms with Crippen molar-refractivity contribution in [2.45, 2.75) is 71.6 Å². The monoisotopic (exact) mass is 659 g/mol. The Morgan fingerprint density at radius 2 is 1.79 bits per heavy atom. The number of nitrogens with two attached hydrogens (primary N) is 1. The van der Waals surface area contributed by atoms with Crippen molar-refractivity contribution in [1.29, 1.82) is 0 Å². The van der Waals surface area contributed by atoms with Gasteiger partial charge in [-0.2, -0.15) is 5.10 Å². The molecule has 2 N–H and O–H groups in total. The number of aromatic nitrogens is 3. The summed E-state index contributed by atoms with van der Waals surface area (Å²) in [5, 5.41) is 4.81. The third-order valence-corrected chi connectivity index (χ3v) is 9.85. The lowest BCUT2D eigenvalue weighted by Gasteiger charge is -2.37. The molecule has 4 heterocycles. The Kier molecular flexibility index (Phi) is 12.0. The van der Waals surface area contributed by atoms with Gasteiger partial charge in [0.05, 0.1) is 32.0 Å². The fourth-order valence-electron chi connectivity index (χ4n) is 7.12. The quantitative estimate of drug-likeness (QED) is 0.241. The van der Waals surface area contributed by atoms with Crippen molar-refractivity contribution in [3.8, 4) is 11.4 Å². The minimum absolute atomic E-state index is 0.0492. The van der Waals surface area contributed by atoms with E-state index in [0.717, 1.165) is 98.8 Å². The second-order valence-corrected chi connectivity index (χ2v) is 13.4. The van der Waals surface area contributed by atoms with Crippen LogP contribution in [0.3, 0.4) is 0 Å². The van der Waals surface area contributed by atoms with Crippen LogP contribution >= 0.6 is 0 Å². The maximum atomic E-state index is 12.8. The number of nitrogens with zero attached hydrogens (tertiary/aromatic N) is 6. The van der Waals surface area contributed by atoms with E-state index in [9.17, 15) is 9.59 Å². The molecular weight excluding hydrogens is 606 g/mol. The van der Waals surface area contributed by atoms with Crippen LogP contribution in [0.15, 0.2) is 36.4 Å². The van der Waals surface area contributed by atoms with Crippen molar-refractivity contribution in [3.05, 3.63) is 59.0 Å². The van der Waals surface area contributed by atoms with Gasteiger partial charge in [-0.25, -0.2) is 9.67 Å². The molecule has 5 rings (SSSR count). The number of pyridine rings is 1. The number of unbranched alkanes of at least 4 members (excludes halogenated alkanes) is 1. The van der Waals surface area contributed by atoms with Crippen LogP contribution in [0.4, 0.5) is 11.5 Å². The maximum absolute atomic E-state index is 12.8. The molecule has 2 aromatic heterocycles. The number of methoxy groups -OCH3 is 2. The van der Waals surface area contributed by atoms with Gasteiger partial charge in [-0.15, -0.1) is 0 Å². The van der Waals surface area contributed by atoms with E-state index in [-0.39, 0.29) is 17.8 Å². The van der Waals surface area contributed by atoms with E-state index in [1.54, 1.807) is 7.11 Å². The van der Waals surface area contributed by atoms with E-state index in [1.165, 1.54) is 7.11 Å². The smallest absolute Gasteiger partial charge is 0.306 e. The van der Waals surface area contributed by atoms with Crippen molar-refractivity contribution in [3.63, 3.8) is 0 Å². The van der Waals surface area contributed by atoms with Gasteiger partial charge in [-0.1, -0.05) is 13.3 Å². The lowest BCUT2D eigenvalue weighted by Crippen LogP contribution is -2.48. The Balaban J connectivity index is 1.34. The molecule has 0 spiro atoms. The van der Waals surface area contributed by atoms with Crippen molar-refractivity contribution < 1.29 is 19.1 Å². The Labute approximate surface area is 285 Å². The lowest BCUT2D eigenvalue weighted by molar-refractivity contribution is -0.141. The number of carbonyl (C=O) groups is 2. The number of benzene rings is 1. The van der Waals surface area contributed by atoms with Gasteiger partial charge in [-0.3, -0.25) is 9.59 Å². The molecule has 2 aliphatic heterocycles. The van der Waals surface area contributed by atoms with Crippen molar-refractivity contribution in [1.82, 2.24) is 24.6 Å². The van der Waals surface area contributed by atoms with Crippen molar-refractivity contribution >= 4 is 23.4 Å². The van der Waals surface area contributed by atoms with Crippen molar-refractivity contribution in [2.24, 2.45) is 5.92 Å². The van der Waals surface area contributed by atoms with Crippen LogP contribution in [0.1, 0.15) is 74.0 Å². The second-order valence-electron chi connectivity index (χ2n) is 13.4. The summed E-state index contributed by atoms with van der Waals surface area (Å²) < 4.78 is 12.5. The van der Waals surface area contributed by atoms with E-state index >= 15 is 0 Å². The summed E-state index contributed by atoms with van der Waals surface area (Å²) in [6.07, 6.45) is 5.87. The standard InChI is InChI=1S/C37H53N7O4/c1-6-7-8-35(45)43-17-15-42(16-18-43)32-20-29(21-33(23-32)44-27(3)19-26(2)40-44)30(22-36(46)48-5)25-41-14-13-28(24-41)9-10-31-11-12-34(47-4)37(38)39-31/h11-12,19-21,23,28,30H,6-10,13-18,22,24-25H2,1-5H3,(H2,38,39). The molecule has 0 bridgehead atoms. The van der Waals surface area contributed by atoms with E-state index in [4.69, 9.17) is 20.3 Å². The molecule has 2 fully saturated rings. The molecule has 0 saturated carbocycles. The highest BCUT2D eigenvalue weighted by atomic mass is 16.5. The molecule has 11 nitrogen and oxygen atoms in total. The van der Waals surface area contributed by atoms with E-state index in [0.29, 0.717) is 43.4 Å². The average molecular weight is 660 g/mol. The molecule has 2 saturated heterocycles. The number of aryl methyl sites for hydroxylation is 3. The zero-order chi connectivity index (χ0) is 34.2. The van der Waals surface area contributed by atoms with Gasteiger partial charge >= 0.3 is 5.97 Å². The van der Waals surface area contributed by atoms with Gasteiger partial charge in [-0.05, 0) is 94.0 Å². The highest BCUT2D eigenvalue weighted by Crippen LogP contribution is 2.33. The van der Waals surface area contributed by atoms with Crippen LogP contribution in [0, 0.1) is 19.8 Å². The summed E-state index contributed by atoms with van der Waals surface area (Å²) in [5.74, 6) is 1.57. The number of esters is 1. The first-order valence-electron chi connectivity index (χ1n) is 17.5. The number of amides is 1. The topological polar surface area (TPSA) is 119 Å². The summed E-state index contributed by atoms with van der Waals surface area (Å²) in [7, 11) is 3.06. The number of carbonyl (C=O) groups excluding carboxylic acids is 2. The molecule has 2 atom stereocenters. The van der Waals surface area contributed by atoms with Crippen LogP contribution in [0.2, 0.25) is 0 Å². The summed E-state index contributed by atoms with van der Waals surface area (Å²) in [6.45, 7) is 11.9. The number of hydrogen-bond donors (Lipinski definition) is 1. The molecule has 0 aliphatic carbocycles. The number of nitrogen functional groups attached to an aromatic ring is 1. The minimum atomic E-state index is -0.212. The number of anilines is 2. The predicted octanol–water partition coefficient (Wildman–Crippen LogP) is 4.92. The number of likely N-dealkylation sites (tertiary alicyclic amines) is 1. The van der Waals surface area contributed by atoms with Gasteiger partial charge in [0.1, 0.15) is 0 Å². The molecule has 1 aromatic carbocycles. The minimum Gasteiger partial charge on any atom is -0.493 e. The molecule has 260 valence electrons. The Bertz CT molecular complexity index is 1550. The molecule has 48 heavy (non-hydrogen) atoms. The van der Waals surface area contributed by atoms with Gasteiger partial charge in [0.15, 0.2) is 11.6 Å². The number of rotatable bonds is 14. The first-order valence-corrected chi connectivity index (χ1v) is 17.5. The summed E-state index contributed by atoms with van der Waals surface area (Å²) in [6, 6.07) is 12.6. The summed E-state index contributed by atoms with van der Waals surface area (Å²) in [5.41, 5.74) is 12.2. The van der Waals surface area contributed by atoms with Gasteiger partial charge in [0.25, 0.3) is 0 Å². The average Bonchev–Trinajstić information content (AvgIpc) is 3.69. The fraction of sp³-hybridized carbons (Fsp3) is 0.568. The third-order valence-electron chi connectivity index (χ3n) is 9.85. The van der Waals surface area contributed by atoms with E-state index in [2.05, 4.69) is 52.9 Å². The van der Waals surface area contributed by atoms with Gasteiger partial charge in [0, 0.05) is 68.7 Å².